The Morgan fingerprint density at radius 2 is 2.17 bits per heavy atom. The molecule has 1 fully saturated rings. The van der Waals surface area contributed by atoms with Crippen LogP contribution in [0.4, 0.5) is 0 Å². The lowest BCUT2D eigenvalue weighted by molar-refractivity contribution is 0.0523. The summed E-state index contributed by atoms with van der Waals surface area (Å²) in [7, 11) is 0. The highest BCUT2D eigenvalue weighted by molar-refractivity contribution is 5.88. The van der Waals surface area contributed by atoms with E-state index in [-0.39, 0.29) is 12.2 Å². The zero-order chi connectivity index (χ0) is 13.0. The molecule has 0 saturated heterocycles. The van der Waals surface area contributed by atoms with Crippen LogP contribution in [0.5, 0.6) is 0 Å². The minimum absolute atomic E-state index is 0.0172. The second-order valence-corrected chi connectivity index (χ2v) is 4.57. The van der Waals surface area contributed by atoms with Crippen LogP contribution < -0.4 is 5.56 Å². The maximum Gasteiger partial charge on any atom is 0.345 e. The fourth-order valence-corrected chi connectivity index (χ4v) is 2.35. The Kier molecular flexibility index (Phi) is 4.12. The van der Waals surface area contributed by atoms with Crippen molar-refractivity contribution in [1.82, 2.24) is 9.97 Å². The lowest BCUT2D eigenvalue weighted by atomic mass is 9.89. The molecule has 1 aliphatic rings. The molecule has 5 heteroatoms. The van der Waals surface area contributed by atoms with Crippen molar-refractivity contribution in [2.24, 2.45) is 0 Å². The van der Waals surface area contributed by atoms with Crippen LogP contribution in [-0.2, 0) is 4.74 Å². The van der Waals surface area contributed by atoms with Crippen LogP contribution in [0.15, 0.2) is 11.0 Å². The summed E-state index contributed by atoms with van der Waals surface area (Å²) in [6, 6.07) is 0. The molecule has 0 aromatic carbocycles. The molecule has 5 nitrogen and oxygen atoms in total. The van der Waals surface area contributed by atoms with Crippen LogP contribution in [0, 0.1) is 0 Å². The Bertz CT molecular complexity index is 475. The monoisotopic (exact) mass is 250 g/mol. The number of hydrogen-bond acceptors (Lipinski definition) is 4. The Labute approximate surface area is 106 Å². The summed E-state index contributed by atoms with van der Waals surface area (Å²) in [5, 5.41) is 0. The molecule has 1 saturated carbocycles. The number of aromatic amines is 1. The van der Waals surface area contributed by atoms with Gasteiger partial charge in [-0.15, -0.1) is 0 Å². The number of ether oxygens (including phenoxy) is 1. The van der Waals surface area contributed by atoms with E-state index in [1.54, 1.807) is 6.92 Å². The van der Waals surface area contributed by atoms with Crippen molar-refractivity contribution in [2.75, 3.05) is 6.61 Å². The summed E-state index contributed by atoms with van der Waals surface area (Å²) in [5.74, 6) is 0.414. The third-order valence-electron chi connectivity index (χ3n) is 3.31. The second kappa shape index (κ2) is 5.80. The fourth-order valence-electron chi connectivity index (χ4n) is 2.35. The van der Waals surface area contributed by atoms with Gasteiger partial charge in [-0.25, -0.2) is 9.78 Å². The summed E-state index contributed by atoms with van der Waals surface area (Å²) in [6.07, 6.45) is 7.05. The summed E-state index contributed by atoms with van der Waals surface area (Å²) in [6.45, 7) is 1.96. The molecule has 0 bridgehead atoms. The van der Waals surface area contributed by atoms with Gasteiger partial charge in [0, 0.05) is 12.1 Å². The Morgan fingerprint density at radius 3 is 2.78 bits per heavy atom. The second-order valence-electron chi connectivity index (χ2n) is 4.57. The van der Waals surface area contributed by atoms with E-state index in [0.29, 0.717) is 11.7 Å². The average Bonchev–Trinajstić information content (AvgIpc) is 2.40. The first-order valence-corrected chi connectivity index (χ1v) is 6.48. The molecule has 98 valence electrons. The van der Waals surface area contributed by atoms with E-state index in [2.05, 4.69) is 9.97 Å². The van der Waals surface area contributed by atoms with Gasteiger partial charge >= 0.3 is 5.97 Å². The van der Waals surface area contributed by atoms with Gasteiger partial charge in [0.2, 0.25) is 0 Å². The number of H-pyrrole nitrogens is 1. The Morgan fingerprint density at radius 1 is 1.44 bits per heavy atom. The molecule has 18 heavy (non-hydrogen) atoms. The van der Waals surface area contributed by atoms with Gasteiger partial charge in [0.1, 0.15) is 11.4 Å². The van der Waals surface area contributed by atoms with E-state index < -0.39 is 11.5 Å². The molecule has 1 aromatic heterocycles. The fraction of sp³-hybridized carbons (Fsp3) is 0.615. The van der Waals surface area contributed by atoms with E-state index in [0.717, 1.165) is 12.8 Å². The zero-order valence-corrected chi connectivity index (χ0v) is 10.6. The lowest BCUT2D eigenvalue weighted by Crippen LogP contribution is -2.23. The third kappa shape index (κ3) is 2.78. The highest BCUT2D eigenvalue weighted by atomic mass is 16.5. The highest BCUT2D eigenvalue weighted by Gasteiger charge is 2.19. The molecule has 0 radical (unpaired) electrons. The van der Waals surface area contributed by atoms with Gasteiger partial charge in [-0.1, -0.05) is 19.3 Å². The third-order valence-corrected chi connectivity index (χ3v) is 3.31. The number of carbonyl (C=O) groups excluding carboxylic acids is 1. The standard InChI is InChI=1S/C13H18N2O3/c1-2-18-13(17)10-8-14-11(15-12(10)16)9-6-4-3-5-7-9/h8-9H,2-7H2,1H3,(H,14,15,16). The van der Waals surface area contributed by atoms with Crippen LogP contribution >= 0.6 is 0 Å². The minimum Gasteiger partial charge on any atom is -0.462 e. The van der Waals surface area contributed by atoms with Crippen molar-refractivity contribution in [3.8, 4) is 0 Å². The molecule has 2 rings (SSSR count). The predicted molar refractivity (Wildman–Crippen MR) is 66.6 cm³/mol. The van der Waals surface area contributed by atoms with Gasteiger partial charge in [0.25, 0.3) is 5.56 Å². The zero-order valence-electron chi connectivity index (χ0n) is 10.6. The van der Waals surface area contributed by atoms with Crippen LogP contribution in [0.3, 0.4) is 0 Å². The van der Waals surface area contributed by atoms with Gasteiger partial charge in [0.05, 0.1) is 6.61 Å². The number of carbonyl (C=O) groups is 1. The number of esters is 1. The molecular weight excluding hydrogens is 232 g/mol. The average molecular weight is 250 g/mol. The van der Waals surface area contributed by atoms with E-state index in [9.17, 15) is 9.59 Å². The summed E-state index contributed by atoms with van der Waals surface area (Å²) < 4.78 is 4.80. The maximum atomic E-state index is 11.8. The molecule has 0 spiro atoms. The summed E-state index contributed by atoms with van der Waals surface area (Å²) in [5.41, 5.74) is -0.416. The van der Waals surface area contributed by atoms with Crippen LogP contribution in [0.2, 0.25) is 0 Å². The quantitative estimate of drug-likeness (QED) is 0.833. The molecule has 0 atom stereocenters. The summed E-state index contributed by atoms with van der Waals surface area (Å²) in [4.78, 5) is 30.2. The van der Waals surface area contributed by atoms with Gasteiger partial charge in [-0.3, -0.25) is 4.79 Å². The normalized spacial score (nSPS) is 16.5. The Hall–Kier alpha value is -1.65. The van der Waals surface area contributed by atoms with E-state index in [1.165, 1.54) is 25.5 Å². The molecule has 0 unspecified atom stereocenters. The number of rotatable bonds is 3. The lowest BCUT2D eigenvalue weighted by Gasteiger charge is -2.20. The number of nitrogens with one attached hydrogen (secondary N) is 1. The SMILES string of the molecule is CCOC(=O)c1cnc(C2CCCCC2)[nH]c1=O. The van der Waals surface area contributed by atoms with Crippen molar-refractivity contribution < 1.29 is 9.53 Å². The van der Waals surface area contributed by atoms with Crippen LogP contribution in [0.25, 0.3) is 0 Å². The molecule has 1 aromatic rings. The van der Waals surface area contributed by atoms with E-state index in [1.807, 2.05) is 0 Å². The Balaban J connectivity index is 2.19. The maximum absolute atomic E-state index is 11.8. The van der Waals surface area contributed by atoms with Crippen molar-refractivity contribution >= 4 is 5.97 Å². The molecule has 1 heterocycles. The van der Waals surface area contributed by atoms with Crippen molar-refractivity contribution in [3.63, 3.8) is 0 Å². The van der Waals surface area contributed by atoms with Gasteiger partial charge < -0.3 is 9.72 Å². The van der Waals surface area contributed by atoms with Crippen molar-refractivity contribution in [1.29, 1.82) is 0 Å². The highest BCUT2D eigenvalue weighted by Crippen LogP contribution is 2.29. The largest absolute Gasteiger partial charge is 0.462 e. The smallest absolute Gasteiger partial charge is 0.345 e. The first kappa shape index (κ1) is 12.8. The van der Waals surface area contributed by atoms with E-state index in [4.69, 9.17) is 4.74 Å². The predicted octanol–water partition coefficient (Wildman–Crippen LogP) is 1.99. The first-order valence-electron chi connectivity index (χ1n) is 6.48. The topological polar surface area (TPSA) is 72.0 Å². The number of aromatic nitrogens is 2. The first-order chi connectivity index (χ1) is 8.72. The van der Waals surface area contributed by atoms with Gasteiger partial charge in [0.15, 0.2) is 0 Å². The minimum atomic E-state index is -0.610. The number of hydrogen-bond donors (Lipinski definition) is 1. The van der Waals surface area contributed by atoms with Crippen LogP contribution in [-0.4, -0.2) is 22.5 Å². The molecule has 1 aliphatic carbocycles. The molecule has 1 N–H and O–H groups in total. The van der Waals surface area contributed by atoms with Crippen molar-refractivity contribution in [3.05, 3.63) is 27.9 Å². The van der Waals surface area contributed by atoms with Crippen molar-refractivity contribution in [2.45, 2.75) is 44.9 Å². The number of nitrogens with zero attached hydrogens (tertiary/aromatic N) is 1. The van der Waals surface area contributed by atoms with Gasteiger partial charge in [-0.05, 0) is 19.8 Å². The summed E-state index contributed by atoms with van der Waals surface area (Å²) >= 11 is 0. The molecular formula is C13H18N2O3. The van der Waals surface area contributed by atoms with Gasteiger partial charge in [-0.2, -0.15) is 0 Å². The molecule has 0 amide bonds. The molecule has 0 aliphatic heterocycles. The van der Waals surface area contributed by atoms with E-state index >= 15 is 0 Å². The van der Waals surface area contributed by atoms with Crippen LogP contribution in [0.1, 0.15) is 61.1 Å².